The molecule has 92 valence electrons. The molecule has 0 aliphatic heterocycles. The minimum absolute atomic E-state index is 0.0423. The highest BCUT2D eigenvalue weighted by atomic mass is 127. The molecule has 0 amide bonds. The van der Waals surface area contributed by atoms with Gasteiger partial charge in [-0.25, -0.2) is 0 Å². The Hall–Kier alpha value is 1.19. The van der Waals surface area contributed by atoms with Crippen LogP contribution in [0.25, 0.3) is 0 Å². The Kier molecular flexibility index (Phi) is 11.2. The fourth-order valence-electron chi connectivity index (χ4n) is 0.946. The van der Waals surface area contributed by atoms with Crippen molar-refractivity contribution in [3.63, 3.8) is 0 Å². The quantitative estimate of drug-likeness (QED) is 0.460. The van der Waals surface area contributed by atoms with E-state index in [2.05, 4.69) is 22.6 Å². The summed E-state index contributed by atoms with van der Waals surface area (Å²) in [5.74, 6) is 0.962. The molecule has 0 saturated heterocycles. The van der Waals surface area contributed by atoms with E-state index in [-0.39, 0.29) is 16.1 Å². The van der Waals surface area contributed by atoms with Crippen molar-refractivity contribution in [2.45, 2.75) is 16.1 Å². The van der Waals surface area contributed by atoms with Crippen LogP contribution in [0, 0.1) is 0 Å². The first-order valence-corrected chi connectivity index (χ1v) is 6.90. The molecule has 3 nitrogen and oxygen atoms in total. The highest BCUT2D eigenvalue weighted by Crippen LogP contribution is 2.14. The predicted molar refractivity (Wildman–Crippen MR) is 71.7 cm³/mol. The Morgan fingerprint density at radius 2 is 1.80 bits per heavy atom. The lowest BCUT2D eigenvalue weighted by atomic mass is 10.3. The van der Waals surface area contributed by atoms with E-state index < -0.39 is 0 Å². The first-order valence-electron chi connectivity index (χ1n) is 4.58. The van der Waals surface area contributed by atoms with Crippen molar-refractivity contribution >= 4 is 45.8 Å². The second-order valence-electron chi connectivity index (χ2n) is 3.01. The highest BCUT2D eigenvalue weighted by Gasteiger charge is 2.19. The Bertz CT molecular complexity index is 151. The zero-order chi connectivity index (χ0) is 11.7. The molecule has 0 radical (unpaired) electrons. The molecular formula is C9H17Cl2IO3. The molecule has 0 aliphatic carbocycles. The lowest BCUT2D eigenvalue weighted by Crippen LogP contribution is -2.33. The lowest BCUT2D eigenvalue weighted by molar-refractivity contribution is -0.0476. The number of rotatable bonds is 9. The summed E-state index contributed by atoms with van der Waals surface area (Å²) in [5.41, 5.74) is 0. The van der Waals surface area contributed by atoms with Gasteiger partial charge in [0.25, 0.3) is 0 Å². The first kappa shape index (κ1) is 16.2. The van der Waals surface area contributed by atoms with E-state index in [0.717, 1.165) is 0 Å². The van der Waals surface area contributed by atoms with Crippen LogP contribution in [0.4, 0.5) is 0 Å². The van der Waals surface area contributed by atoms with Crippen LogP contribution in [0.5, 0.6) is 0 Å². The average molecular weight is 371 g/mol. The van der Waals surface area contributed by atoms with Crippen LogP contribution in [-0.4, -0.2) is 55.3 Å². The summed E-state index contributed by atoms with van der Waals surface area (Å²) < 4.78 is 16.0. The number of alkyl halides is 3. The van der Waals surface area contributed by atoms with Gasteiger partial charge in [-0.3, -0.25) is 0 Å². The largest absolute Gasteiger partial charge is 0.382 e. The van der Waals surface area contributed by atoms with Gasteiger partial charge in [-0.15, -0.1) is 23.2 Å². The van der Waals surface area contributed by atoms with Gasteiger partial charge in [-0.2, -0.15) is 0 Å². The molecule has 3 unspecified atom stereocenters. The monoisotopic (exact) mass is 370 g/mol. The molecule has 0 aliphatic rings. The van der Waals surface area contributed by atoms with Crippen LogP contribution in [0.3, 0.4) is 0 Å². The molecule has 0 spiro atoms. The van der Waals surface area contributed by atoms with Crippen molar-refractivity contribution in [2.24, 2.45) is 0 Å². The van der Waals surface area contributed by atoms with Gasteiger partial charge >= 0.3 is 0 Å². The molecule has 0 rings (SSSR count). The van der Waals surface area contributed by atoms with Gasteiger partial charge in [-0.1, -0.05) is 22.6 Å². The SMILES string of the molecule is COCC(COC(CCl)C(I)CCl)OC. The Morgan fingerprint density at radius 1 is 1.13 bits per heavy atom. The minimum Gasteiger partial charge on any atom is -0.382 e. The summed E-state index contributed by atoms with van der Waals surface area (Å²) in [4.78, 5) is 0. The molecule has 6 heteroatoms. The Labute approximate surface area is 115 Å². The van der Waals surface area contributed by atoms with E-state index in [1.54, 1.807) is 14.2 Å². The van der Waals surface area contributed by atoms with E-state index in [1.807, 2.05) is 0 Å². The molecular weight excluding hydrogens is 354 g/mol. The lowest BCUT2D eigenvalue weighted by Gasteiger charge is -2.22. The Balaban J connectivity index is 3.86. The molecule has 0 aromatic heterocycles. The van der Waals surface area contributed by atoms with Crippen LogP contribution >= 0.6 is 45.8 Å². The zero-order valence-corrected chi connectivity index (χ0v) is 12.6. The number of hydrogen-bond donors (Lipinski definition) is 0. The number of hydrogen-bond acceptors (Lipinski definition) is 3. The van der Waals surface area contributed by atoms with E-state index in [4.69, 9.17) is 37.4 Å². The first-order chi connectivity index (χ1) is 7.19. The van der Waals surface area contributed by atoms with Gasteiger partial charge in [0.05, 0.1) is 23.2 Å². The van der Waals surface area contributed by atoms with Crippen LogP contribution in [-0.2, 0) is 14.2 Å². The van der Waals surface area contributed by atoms with Crippen LogP contribution in [0.15, 0.2) is 0 Å². The van der Waals surface area contributed by atoms with Crippen LogP contribution in [0.2, 0.25) is 0 Å². The van der Waals surface area contributed by atoms with Gasteiger partial charge in [0.15, 0.2) is 0 Å². The van der Waals surface area contributed by atoms with Crippen molar-refractivity contribution in [1.82, 2.24) is 0 Å². The smallest absolute Gasteiger partial charge is 0.104 e. The maximum absolute atomic E-state index is 5.78. The van der Waals surface area contributed by atoms with E-state index in [0.29, 0.717) is 25.0 Å². The normalized spacial score (nSPS) is 17.4. The van der Waals surface area contributed by atoms with Crippen molar-refractivity contribution in [3.05, 3.63) is 0 Å². The fourth-order valence-corrected chi connectivity index (χ4v) is 2.21. The van der Waals surface area contributed by atoms with Crippen LogP contribution < -0.4 is 0 Å². The molecule has 0 aromatic rings. The standard InChI is InChI=1S/C9H17Cl2IO3/c1-13-5-7(14-2)6-15-9(4-11)8(12)3-10/h7-9H,3-6H2,1-2H3. The van der Waals surface area contributed by atoms with E-state index >= 15 is 0 Å². The third-order valence-electron chi connectivity index (χ3n) is 1.88. The number of ether oxygens (including phenoxy) is 3. The summed E-state index contributed by atoms with van der Waals surface area (Å²) in [6.45, 7) is 0.983. The average Bonchev–Trinajstić information content (AvgIpc) is 2.27. The van der Waals surface area contributed by atoms with Crippen molar-refractivity contribution in [3.8, 4) is 0 Å². The molecule has 0 fully saturated rings. The molecule has 0 saturated carbocycles. The molecule has 15 heavy (non-hydrogen) atoms. The summed E-state index contributed by atoms with van der Waals surface area (Å²) in [6.07, 6.45) is -0.0982. The molecule has 0 N–H and O–H groups in total. The summed E-state index contributed by atoms with van der Waals surface area (Å²) >= 11 is 13.8. The van der Waals surface area contributed by atoms with E-state index in [1.165, 1.54) is 0 Å². The van der Waals surface area contributed by atoms with Gasteiger partial charge in [0, 0.05) is 26.0 Å². The Morgan fingerprint density at radius 3 is 2.20 bits per heavy atom. The van der Waals surface area contributed by atoms with Gasteiger partial charge in [-0.05, 0) is 0 Å². The predicted octanol–water partition coefficient (Wildman–Crippen LogP) is 2.31. The minimum atomic E-state index is -0.0559. The van der Waals surface area contributed by atoms with Crippen LogP contribution in [0.1, 0.15) is 0 Å². The van der Waals surface area contributed by atoms with Crippen molar-refractivity contribution < 1.29 is 14.2 Å². The molecule has 0 aromatic carbocycles. The summed E-state index contributed by atoms with van der Waals surface area (Å²) in [6, 6.07) is 0. The van der Waals surface area contributed by atoms with Gasteiger partial charge in [0.2, 0.25) is 0 Å². The topological polar surface area (TPSA) is 27.7 Å². The molecule has 0 heterocycles. The highest BCUT2D eigenvalue weighted by molar-refractivity contribution is 14.1. The maximum atomic E-state index is 5.78. The van der Waals surface area contributed by atoms with Crippen molar-refractivity contribution in [2.75, 3.05) is 39.2 Å². The second kappa shape index (κ2) is 10.4. The van der Waals surface area contributed by atoms with Crippen molar-refractivity contribution in [1.29, 1.82) is 0 Å². The second-order valence-corrected chi connectivity index (χ2v) is 5.23. The third-order valence-corrected chi connectivity index (χ3v) is 4.28. The number of halogens is 3. The third kappa shape index (κ3) is 7.18. The van der Waals surface area contributed by atoms with Gasteiger partial charge < -0.3 is 14.2 Å². The summed E-state index contributed by atoms with van der Waals surface area (Å²) in [7, 11) is 3.26. The molecule has 0 bridgehead atoms. The summed E-state index contributed by atoms with van der Waals surface area (Å²) in [5, 5.41) is 0. The fraction of sp³-hybridized carbons (Fsp3) is 1.00. The van der Waals surface area contributed by atoms with E-state index in [9.17, 15) is 0 Å². The molecule has 3 atom stereocenters. The number of methoxy groups -OCH3 is 2. The maximum Gasteiger partial charge on any atom is 0.104 e. The van der Waals surface area contributed by atoms with Gasteiger partial charge in [0.1, 0.15) is 6.10 Å². The zero-order valence-electron chi connectivity index (χ0n) is 8.92.